The van der Waals surface area contributed by atoms with Gasteiger partial charge in [-0.1, -0.05) is 54.1 Å². The summed E-state index contributed by atoms with van der Waals surface area (Å²) in [5.41, 5.74) is 1.41. The molecule has 5 nitrogen and oxygen atoms in total. The van der Waals surface area contributed by atoms with Gasteiger partial charge < -0.3 is 9.64 Å². The molecule has 166 valence electrons. The number of ether oxygens (including phenoxy) is 1. The average molecular weight is 466 g/mol. The van der Waals surface area contributed by atoms with Crippen molar-refractivity contribution in [3.05, 3.63) is 101 Å². The number of nitriles is 2. The van der Waals surface area contributed by atoms with E-state index in [1.165, 1.54) is 0 Å². The molecular weight excluding hydrogens is 446 g/mol. The van der Waals surface area contributed by atoms with Gasteiger partial charge in [0.25, 0.3) is 0 Å². The molecule has 3 atom stereocenters. The molecule has 1 saturated heterocycles. The zero-order valence-electron chi connectivity index (χ0n) is 18.4. The first-order chi connectivity index (χ1) is 16.5. The second-order valence-electron chi connectivity index (χ2n) is 8.43. The fourth-order valence-electron chi connectivity index (χ4n) is 5.22. The highest BCUT2D eigenvalue weighted by atomic mass is 35.5. The highest BCUT2D eigenvalue weighted by molar-refractivity contribution is 6.30. The molecule has 34 heavy (non-hydrogen) atoms. The molecule has 0 aromatic heterocycles. The second-order valence-corrected chi connectivity index (χ2v) is 8.87. The maximum Gasteiger partial charge on any atom is 0.185 e. The number of nitrogens with zero attached hydrogens (tertiary/aromatic N) is 3. The molecule has 2 aliphatic rings. The number of ketones is 1. The number of halogens is 1. The lowest BCUT2D eigenvalue weighted by molar-refractivity contribution is 0.0951. The van der Waals surface area contributed by atoms with Crippen LogP contribution < -0.4 is 9.64 Å². The molecular formula is C28H20ClN3O2. The molecule has 5 rings (SSSR count). The quantitative estimate of drug-likeness (QED) is 0.466. The Morgan fingerprint density at radius 1 is 1.03 bits per heavy atom. The molecule has 0 N–H and O–H groups in total. The van der Waals surface area contributed by atoms with Crippen LogP contribution in [0.1, 0.15) is 27.4 Å². The largest absolute Gasteiger partial charge is 0.497 e. The van der Waals surface area contributed by atoms with Crippen LogP contribution in [0.3, 0.4) is 0 Å². The van der Waals surface area contributed by atoms with E-state index in [2.05, 4.69) is 12.1 Å². The Bertz CT molecular complexity index is 1360. The summed E-state index contributed by atoms with van der Waals surface area (Å²) in [4.78, 5) is 16.1. The lowest BCUT2D eigenvalue weighted by Crippen LogP contribution is -2.44. The van der Waals surface area contributed by atoms with Gasteiger partial charge in [-0.05, 0) is 53.6 Å². The van der Waals surface area contributed by atoms with Crippen LogP contribution in [0.4, 0.5) is 5.69 Å². The molecule has 0 bridgehead atoms. The summed E-state index contributed by atoms with van der Waals surface area (Å²) in [7, 11) is 1.57. The van der Waals surface area contributed by atoms with Crippen molar-refractivity contribution in [1.82, 2.24) is 0 Å². The van der Waals surface area contributed by atoms with Crippen molar-refractivity contribution in [2.75, 3.05) is 12.0 Å². The Hall–Kier alpha value is -4.06. The summed E-state index contributed by atoms with van der Waals surface area (Å²) < 4.78 is 5.25. The van der Waals surface area contributed by atoms with E-state index in [1.807, 2.05) is 59.5 Å². The Morgan fingerprint density at radius 3 is 2.38 bits per heavy atom. The van der Waals surface area contributed by atoms with Gasteiger partial charge in [0.15, 0.2) is 11.2 Å². The minimum Gasteiger partial charge on any atom is -0.497 e. The van der Waals surface area contributed by atoms with Crippen molar-refractivity contribution in [1.29, 1.82) is 10.5 Å². The maximum atomic E-state index is 14.1. The van der Waals surface area contributed by atoms with E-state index in [9.17, 15) is 15.3 Å². The molecule has 2 aliphatic heterocycles. The van der Waals surface area contributed by atoms with Crippen LogP contribution in [0, 0.1) is 28.1 Å². The first-order valence-electron chi connectivity index (χ1n) is 10.9. The van der Waals surface area contributed by atoms with Gasteiger partial charge in [0, 0.05) is 22.2 Å². The number of rotatable bonds is 4. The van der Waals surface area contributed by atoms with Crippen LogP contribution >= 0.6 is 11.6 Å². The molecule has 0 amide bonds. The predicted octanol–water partition coefficient (Wildman–Crippen LogP) is 5.63. The third-order valence-corrected chi connectivity index (χ3v) is 7.00. The van der Waals surface area contributed by atoms with Gasteiger partial charge in [-0.15, -0.1) is 0 Å². The van der Waals surface area contributed by atoms with Crippen LogP contribution in [0.2, 0.25) is 5.02 Å². The van der Waals surface area contributed by atoms with Crippen molar-refractivity contribution in [3.8, 4) is 17.9 Å². The van der Waals surface area contributed by atoms with Crippen LogP contribution in [-0.4, -0.2) is 25.0 Å². The fourth-order valence-corrected chi connectivity index (χ4v) is 5.41. The van der Waals surface area contributed by atoms with E-state index in [4.69, 9.17) is 16.3 Å². The van der Waals surface area contributed by atoms with Crippen molar-refractivity contribution in [2.24, 2.45) is 5.41 Å². The summed E-state index contributed by atoms with van der Waals surface area (Å²) in [6.07, 6.45) is 3.73. The Labute approximate surface area is 203 Å². The molecule has 0 saturated carbocycles. The fraction of sp³-hybridized carbons (Fsp3) is 0.179. The average Bonchev–Trinajstić information content (AvgIpc) is 3.19. The zero-order chi connectivity index (χ0) is 23.9. The summed E-state index contributed by atoms with van der Waals surface area (Å²) in [6.45, 7) is 0. The Morgan fingerprint density at radius 2 is 1.74 bits per heavy atom. The predicted molar refractivity (Wildman–Crippen MR) is 131 cm³/mol. The minimum absolute atomic E-state index is 0.162. The van der Waals surface area contributed by atoms with E-state index in [-0.39, 0.29) is 5.78 Å². The summed E-state index contributed by atoms with van der Waals surface area (Å²) >= 11 is 6.24. The van der Waals surface area contributed by atoms with Gasteiger partial charge in [-0.3, -0.25) is 4.79 Å². The van der Waals surface area contributed by atoms with Crippen LogP contribution in [0.5, 0.6) is 5.75 Å². The normalized spacial score (nSPS) is 21.6. The SMILES string of the molecule is COc1ccc(C(=O)[C@@H]2[C@@H](c3ccccc3)C(C#N)(C#N)[C@H]3C=Cc4cc(Cl)ccc4N23)cc1. The number of Topliss-reactive ketones (excluding diaryl/α,β-unsaturated/α-hetero) is 1. The monoisotopic (exact) mass is 465 g/mol. The minimum atomic E-state index is -1.47. The van der Waals surface area contributed by atoms with E-state index in [0.29, 0.717) is 16.3 Å². The summed E-state index contributed by atoms with van der Waals surface area (Å²) in [5, 5.41) is 21.4. The van der Waals surface area contributed by atoms with Gasteiger partial charge in [-0.25, -0.2) is 0 Å². The Balaban J connectivity index is 1.76. The topological polar surface area (TPSA) is 77.1 Å². The smallest absolute Gasteiger partial charge is 0.185 e. The van der Waals surface area contributed by atoms with Crippen molar-refractivity contribution >= 4 is 29.1 Å². The van der Waals surface area contributed by atoms with E-state index < -0.39 is 23.4 Å². The molecule has 0 unspecified atom stereocenters. The van der Waals surface area contributed by atoms with E-state index in [1.54, 1.807) is 37.4 Å². The van der Waals surface area contributed by atoms with Gasteiger partial charge >= 0.3 is 0 Å². The number of benzene rings is 3. The summed E-state index contributed by atoms with van der Waals surface area (Å²) in [6, 6.07) is 25.0. The van der Waals surface area contributed by atoms with Crippen molar-refractivity contribution in [2.45, 2.75) is 18.0 Å². The number of hydrogen-bond acceptors (Lipinski definition) is 5. The number of anilines is 1. The van der Waals surface area contributed by atoms with Gasteiger partial charge in [0.1, 0.15) is 11.8 Å². The van der Waals surface area contributed by atoms with Crippen LogP contribution in [-0.2, 0) is 0 Å². The molecule has 0 aliphatic carbocycles. The lowest BCUT2D eigenvalue weighted by atomic mass is 9.69. The Kier molecular flexibility index (Phi) is 5.36. The molecule has 3 aromatic carbocycles. The van der Waals surface area contributed by atoms with Gasteiger partial charge in [0.05, 0.1) is 25.3 Å². The molecule has 0 radical (unpaired) electrons. The first kappa shape index (κ1) is 21.8. The van der Waals surface area contributed by atoms with E-state index in [0.717, 1.165) is 16.8 Å². The van der Waals surface area contributed by atoms with Crippen LogP contribution in [0.25, 0.3) is 6.08 Å². The third kappa shape index (κ3) is 3.17. The highest BCUT2D eigenvalue weighted by Crippen LogP contribution is 2.55. The number of fused-ring (bicyclic) bond motifs is 3. The highest BCUT2D eigenvalue weighted by Gasteiger charge is 2.63. The zero-order valence-corrected chi connectivity index (χ0v) is 19.1. The van der Waals surface area contributed by atoms with Crippen LogP contribution in [0.15, 0.2) is 78.9 Å². The number of hydrogen-bond donors (Lipinski definition) is 0. The molecule has 0 spiro atoms. The lowest BCUT2D eigenvalue weighted by Gasteiger charge is -2.35. The molecule has 1 fully saturated rings. The number of methoxy groups -OCH3 is 1. The third-order valence-electron chi connectivity index (χ3n) is 6.77. The maximum absolute atomic E-state index is 14.1. The molecule has 2 heterocycles. The van der Waals surface area contributed by atoms with Crippen molar-refractivity contribution in [3.63, 3.8) is 0 Å². The van der Waals surface area contributed by atoms with E-state index >= 15 is 0 Å². The summed E-state index contributed by atoms with van der Waals surface area (Å²) in [5.74, 6) is -0.190. The first-order valence-corrected chi connectivity index (χ1v) is 11.2. The standard InChI is InChI=1S/C28H20ClN3O2/c1-34-22-11-7-19(8-12-22)27(33)26-25(18-5-3-2-4-6-18)28(16-30,17-31)24-14-9-20-15-21(29)10-13-23(20)32(24)26/h2-15,24-26H,1H3/t24-,25-,26+/m1/s1. The van der Waals surface area contributed by atoms with Crippen molar-refractivity contribution < 1.29 is 9.53 Å². The van der Waals surface area contributed by atoms with Gasteiger partial charge in [-0.2, -0.15) is 10.5 Å². The molecule has 6 heteroatoms. The molecule has 3 aromatic rings. The second kappa shape index (κ2) is 8.37. The van der Waals surface area contributed by atoms with Gasteiger partial charge in [0.2, 0.25) is 0 Å². The number of carbonyl (C=O) groups excluding carboxylic acids is 1. The number of carbonyl (C=O) groups is 1.